The average Bonchev–Trinajstić information content (AvgIpc) is 3.08. The maximum absolute atomic E-state index is 11.6. The molecule has 2 saturated heterocycles. The highest BCUT2D eigenvalue weighted by atomic mass is 35.5. The van der Waals surface area contributed by atoms with E-state index in [0.717, 1.165) is 25.3 Å². The molecule has 1 amide bonds. The average molecular weight is 354 g/mol. The number of benzene rings is 1. The van der Waals surface area contributed by atoms with Crippen molar-refractivity contribution in [2.45, 2.75) is 18.9 Å². The maximum Gasteiger partial charge on any atom is 0.407 e. The number of carboxylic acid groups (broad SMARTS) is 1. The molecule has 2 fully saturated rings. The molecule has 2 aliphatic rings. The van der Waals surface area contributed by atoms with Crippen LogP contribution in [0.15, 0.2) is 18.2 Å². The van der Waals surface area contributed by atoms with Crippen LogP contribution in [0.25, 0.3) is 0 Å². The van der Waals surface area contributed by atoms with Crippen molar-refractivity contribution in [1.82, 2.24) is 9.80 Å². The lowest BCUT2D eigenvalue weighted by Crippen LogP contribution is -2.58. The zero-order valence-electron chi connectivity index (χ0n) is 13.9. The van der Waals surface area contributed by atoms with E-state index in [1.54, 1.807) is 12.0 Å². The fourth-order valence-corrected chi connectivity index (χ4v) is 3.80. The molecule has 2 heterocycles. The van der Waals surface area contributed by atoms with Gasteiger partial charge >= 0.3 is 6.09 Å². The predicted molar refractivity (Wildman–Crippen MR) is 94.4 cm³/mol. The number of piperazine rings is 1. The number of amides is 1. The van der Waals surface area contributed by atoms with E-state index in [1.807, 2.05) is 18.2 Å². The van der Waals surface area contributed by atoms with Gasteiger partial charge in [-0.2, -0.15) is 0 Å². The van der Waals surface area contributed by atoms with Crippen LogP contribution in [0.5, 0.6) is 5.75 Å². The third kappa shape index (κ3) is 3.70. The van der Waals surface area contributed by atoms with Crippen LogP contribution in [0.2, 0.25) is 5.02 Å². The van der Waals surface area contributed by atoms with Crippen LogP contribution in [0.1, 0.15) is 12.8 Å². The molecule has 0 radical (unpaired) electrons. The van der Waals surface area contributed by atoms with Crippen LogP contribution in [-0.2, 0) is 0 Å². The minimum atomic E-state index is -0.826. The Balaban J connectivity index is 1.75. The Bertz CT molecular complexity index is 592. The second kappa shape index (κ2) is 7.49. The van der Waals surface area contributed by atoms with Gasteiger partial charge in [0.05, 0.1) is 18.2 Å². The summed E-state index contributed by atoms with van der Waals surface area (Å²) in [5.74, 6) is 0.644. The van der Waals surface area contributed by atoms with Gasteiger partial charge < -0.3 is 24.5 Å². The Morgan fingerprint density at radius 2 is 2.04 bits per heavy atom. The van der Waals surface area contributed by atoms with Gasteiger partial charge in [-0.15, -0.1) is 0 Å². The van der Waals surface area contributed by atoms with Crippen LogP contribution in [-0.4, -0.2) is 73.4 Å². The first-order chi connectivity index (χ1) is 11.6. The third-order valence-corrected chi connectivity index (χ3v) is 5.21. The summed E-state index contributed by atoms with van der Waals surface area (Å²) in [6, 6.07) is 5.70. The van der Waals surface area contributed by atoms with Gasteiger partial charge in [0.1, 0.15) is 5.75 Å². The zero-order valence-corrected chi connectivity index (χ0v) is 14.7. The van der Waals surface area contributed by atoms with Crippen LogP contribution in [0, 0.1) is 0 Å². The van der Waals surface area contributed by atoms with E-state index in [4.69, 9.17) is 16.3 Å². The van der Waals surface area contributed by atoms with Crippen molar-refractivity contribution in [2.24, 2.45) is 0 Å². The van der Waals surface area contributed by atoms with Crippen LogP contribution < -0.4 is 9.64 Å². The first-order valence-electron chi connectivity index (χ1n) is 8.39. The zero-order chi connectivity index (χ0) is 17.1. The monoisotopic (exact) mass is 353 g/mol. The number of ether oxygens (including phenoxy) is 1. The number of halogens is 1. The number of methoxy groups -OCH3 is 1. The van der Waals surface area contributed by atoms with Gasteiger partial charge in [-0.05, 0) is 38.1 Å². The first kappa shape index (κ1) is 17.2. The molecular formula is C17H24ClN3O3. The summed E-state index contributed by atoms with van der Waals surface area (Å²) in [5.41, 5.74) is 1.02. The molecule has 0 saturated carbocycles. The maximum atomic E-state index is 11.6. The van der Waals surface area contributed by atoms with Gasteiger partial charge in [0.15, 0.2) is 0 Å². The van der Waals surface area contributed by atoms with Crippen molar-refractivity contribution in [2.75, 3.05) is 51.3 Å². The molecule has 7 heteroatoms. The molecule has 1 aromatic rings. The number of nitrogens with zero attached hydrogens (tertiary/aromatic N) is 3. The lowest BCUT2D eigenvalue weighted by atomic mass is 10.1. The summed E-state index contributed by atoms with van der Waals surface area (Å²) < 4.78 is 5.30. The predicted octanol–water partition coefficient (Wildman–Crippen LogP) is 2.61. The highest BCUT2D eigenvalue weighted by Gasteiger charge is 2.32. The lowest BCUT2D eigenvalue weighted by Gasteiger charge is -2.42. The Morgan fingerprint density at radius 1 is 1.29 bits per heavy atom. The van der Waals surface area contributed by atoms with Crippen molar-refractivity contribution in [1.29, 1.82) is 0 Å². The Labute approximate surface area is 147 Å². The second-order valence-corrected chi connectivity index (χ2v) is 6.81. The Kier molecular flexibility index (Phi) is 5.36. The number of likely N-dealkylation sites (tertiary alicyclic amines) is 1. The van der Waals surface area contributed by atoms with Gasteiger partial charge in [-0.1, -0.05) is 11.6 Å². The van der Waals surface area contributed by atoms with Crippen LogP contribution >= 0.6 is 11.6 Å². The second-order valence-electron chi connectivity index (χ2n) is 6.40. The standard InChI is InChI=1S/C17H24ClN3O3/c1-24-16-10-13(4-5-15(16)18)20-8-9-21(17(22)23)14(12-20)11-19-6-2-3-7-19/h4-5,10,14H,2-3,6-9,11-12H2,1H3,(H,22,23). The molecule has 0 bridgehead atoms. The summed E-state index contributed by atoms with van der Waals surface area (Å²) in [4.78, 5) is 17.8. The quantitative estimate of drug-likeness (QED) is 0.901. The molecule has 3 rings (SSSR count). The van der Waals surface area contributed by atoms with E-state index in [9.17, 15) is 9.90 Å². The molecule has 1 atom stereocenters. The van der Waals surface area contributed by atoms with Gasteiger partial charge in [-0.25, -0.2) is 4.79 Å². The van der Waals surface area contributed by atoms with Gasteiger partial charge in [0, 0.05) is 37.9 Å². The molecule has 0 aliphatic carbocycles. The van der Waals surface area contributed by atoms with Crippen LogP contribution in [0.4, 0.5) is 10.5 Å². The van der Waals surface area contributed by atoms with Crippen LogP contribution in [0.3, 0.4) is 0 Å². The summed E-state index contributed by atoms with van der Waals surface area (Å²) in [6.07, 6.45) is 1.59. The molecule has 1 aromatic carbocycles. The Morgan fingerprint density at radius 3 is 2.71 bits per heavy atom. The number of hydrogen-bond acceptors (Lipinski definition) is 4. The molecular weight excluding hydrogens is 330 g/mol. The highest BCUT2D eigenvalue weighted by Crippen LogP contribution is 2.30. The SMILES string of the molecule is COc1cc(N2CCN(C(=O)O)C(CN3CCCC3)C2)ccc1Cl. The molecule has 0 aromatic heterocycles. The summed E-state index contributed by atoms with van der Waals surface area (Å²) in [7, 11) is 1.60. The molecule has 2 aliphatic heterocycles. The summed E-state index contributed by atoms with van der Waals surface area (Å²) in [5, 5.41) is 10.1. The van der Waals surface area contributed by atoms with Crippen molar-refractivity contribution in [3.8, 4) is 5.75 Å². The topological polar surface area (TPSA) is 56.3 Å². The highest BCUT2D eigenvalue weighted by molar-refractivity contribution is 6.32. The van der Waals surface area contributed by atoms with E-state index < -0.39 is 6.09 Å². The number of anilines is 1. The molecule has 6 nitrogen and oxygen atoms in total. The van der Waals surface area contributed by atoms with Gasteiger partial charge in [-0.3, -0.25) is 0 Å². The van der Waals surface area contributed by atoms with Crippen molar-refractivity contribution >= 4 is 23.4 Å². The van der Waals surface area contributed by atoms with Crippen molar-refractivity contribution in [3.63, 3.8) is 0 Å². The molecule has 1 unspecified atom stereocenters. The molecule has 132 valence electrons. The van der Waals surface area contributed by atoms with Crippen molar-refractivity contribution < 1.29 is 14.6 Å². The third-order valence-electron chi connectivity index (χ3n) is 4.90. The number of hydrogen-bond donors (Lipinski definition) is 1. The van der Waals surface area contributed by atoms with Gasteiger partial charge in [0.2, 0.25) is 0 Å². The fraction of sp³-hybridized carbons (Fsp3) is 0.588. The van der Waals surface area contributed by atoms with E-state index in [0.29, 0.717) is 30.4 Å². The molecule has 0 spiro atoms. The Hall–Kier alpha value is -1.66. The van der Waals surface area contributed by atoms with E-state index >= 15 is 0 Å². The normalized spacial score (nSPS) is 22.0. The molecule has 1 N–H and O–H groups in total. The summed E-state index contributed by atoms with van der Waals surface area (Å²) in [6.45, 7) is 4.81. The summed E-state index contributed by atoms with van der Waals surface area (Å²) >= 11 is 6.11. The van der Waals surface area contributed by atoms with E-state index in [1.165, 1.54) is 12.8 Å². The van der Waals surface area contributed by atoms with Crippen molar-refractivity contribution in [3.05, 3.63) is 23.2 Å². The fourth-order valence-electron chi connectivity index (χ4n) is 3.61. The largest absolute Gasteiger partial charge is 0.495 e. The smallest absolute Gasteiger partial charge is 0.407 e. The van der Waals surface area contributed by atoms with Gasteiger partial charge in [0.25, 0.3) is 0 Å². The van der Waals surface area contributed by atoms with E-state index in [2.05, 4.69) is 9.80 Å². The minimum Gasteiger partial charge on any atom is -0.495 e. The first-order valence-corrected chi connectivity index (χ1v) is 8.76. The van der Waals surface area contributed by atoms with E-state index in [-0.39, 0.29) is 6.04 Å². The number of carbonyl (C=O) groups is 1. The number of rotatable bonds is 4. The lowest BCUT2D eigenvalue weighted by molar-refractivity contribution is 0.104. The molecule has 24 heavy (non-hydrogen) atoms. The minimum absolute atomic E-state index is 0.0176.